The number of nitrogens with one attached hydrogen (secondary N) is 1. The first kappa shape index (κ1) is 23.9. The molecule has 3 aromatic rings. The number of amides is 1. The van der Waals surface area contributed by atoms with Gasteiger partial charge in [-0.2, -0.15) is 5.10 Å². The zero-order valence-corrected chi connectivity index (χ0v) is 18.5. The van der Waals surface area contributed by atoms with Crippen molar-refractivity contribution < 1.29 is 4.79 Å². The van der Waals surface area contributed by atoms with Gasteiger partial charge in [-0.1, -0.05) is 61.5 Å². The van der Waals surface area contributed by atoms with E-state index < -0.39 is 0 Å². The summed E-state index contributed by atoms with van der Waals surface area (Å²) in [7, 11) is 0. The van der Waals surface area contributed by atoms with Gasteiger partial charge in [-0.15, -0.1) is 24.8 Å². The van der Waals surface area contributed by atoms with Gasteiger partial charge >= 0.3 is 0 Å². The molecular weight excluding hydrogens is 419 g/mol. The van der Waals surface area contributed by atoms with Gasteiger partial charge in [0.05, 0.1) is 18.2 Å². The molecule has 0 saturated heterocycles. The van der Waals surface area contributed by atoms with Crippen LogP contribution in [0.3, 0.4) is 0 Å². The van der Waals surface area contributed by atoms with Gasteiger partial charge in [-0.05, 0) is 36.0 Å². The van der Waals surface area contributed by atoms with Gasteiger partial charge in [-0.25, -0.2) is 4.68 Å². The van der Waals surface area contributed by atoms with Crippen LogP contribution in [0.2, 0.25) is 0 Å². The Morgan fingerprint density at radius 3 is 2.57 bits per heavy atom. The number of hydrogen-bond acceptors (Lipinski definition) is 3. The van der Waals surface area contributed by atoms with Crippen molar-refractivity contribution in [2.75, 3.05) is 5.32 Å². The van der Waals surface area contributed by atoms with Gasteiger partial charge in [0.15, 0.2) is 0 Å². The second-order valence-corrected chi connectivity index (χ2v) is 7.48. The van der Waals surface area contributed by atoms with Crippen molar-refractivity contribution in [2.45, 2.75) is 38.3 Å². The summed E-state index contributed by atoms with van der Waals surface area (Å²) in [6, 6.07) is 19.9. The molecule has 0 spiro atoms. The van der Waals surface area contributed by atoms with Crippen molar-refractivity contribution in [3.63, 3.8) is 0 Å². The zero-order chi connectivity index (χ0) is 19.5. The number of nitrogens with zero attached hydrogens (tertiary/aromatic N) is 2. The van der Waals surface area contributed by atoms with Crippen LogP contribution in [0, 0.1) is 5.92 Å². The third kappa shape index (κ3) is 4.86. The molecule has 5 nitrogen and oxygen atoms in total. The molecule has 1 amide bonds. The number of carbonyl (C=O) groups is 1. The predicted molar refractivity (Wildman–Crippen MR) is 125 cm³/mol. The number of benzene rings is 2. The second-order valence-electron chi connectivity index (χ2n) is 7.48. The van der Waals surface area contributed by atoms with E-state index in [1.165, 1.54) is 11.1 Å². The van der Waals surface area contributed by atoms with E-state index in [2.05, 4.69) is 34.7 Å². The first-order valence-electron chi connectivity index (χ1n) is 9.88. The average Bonchev–Trinajstić information content (AvgIpc) is 3.20. The van der Waals surface area contributed by atoms with E-state index in [0.29, 0.717) is 0 Å². The summed E-state index contributed by atoms with van der Waals surface area (Å²) < 4.78 is 1.94. The quantitative estimate of drug-likeness (QED) is 0.583. The zero-order valence-electron chi connectivity index (χ0n) is 16.9. The van der Waals surface area contributed by atoms with Crippen LogP contribution in [-0.4, -0.2) is 15.7 Å². The Kier molecular flexibility index (Phi) is 8.47. The normalized spacial score (nSPS) is 16.9. The fourth-order valence-corrected chi connectivity index (χ4v) is 4.01. The maximum absolute atomic E-state index is 12.9. The molecule has 0 aliphatic heterocycles. The van der Waals surface area contributed by atoms with Crippen molar-refractivity contribution in [1.82, 2.24) is 9.78 Å². The Hall–Kier alpha value is -2.34. The fourth-order valence-electron chi connectivity index (χ4n) is 4.01. The minimum Gasteiger partial charge on any atom is -0.323 e. The molecule has 1 aliphatic rings. The van der Waals surface area contributed by atoms with Crippen LogP contribution in [0.5, 0.6) is 0 Å². The number of hydrogen-bond donors (Lipinski definition) is 2. The van der Waals surface area contributed by atoms with Crippen LogP contribution in [0.1, 0.15) is 48.5 Å². The highest BCUT2D eigenvalue weighted by atomic mass is 35.5. The van der Waals surface area contributed by atoms with Crippen molar-refractivity contribution in [1.29, 1.82) is 0 Å². The summed E-state index contributed by atoms with van der Waals surface area (Å²) in [4.78, 5) is 12.9. The first-order chi connectivity index (χ1) is 13.6. The molecule has 0 bridgehead atoms. The van der Waals surface area contributed by atoms with Gasteiger partial charge in [-0.3, -0.25) is 4.79 Å². The third-order valence-electron chi connectivity index (χ3n) is 5.69. The number of halogens is 2. The van der Waals surface area contributed by atoms with Gasteiger partial charge in [0.2, 0.25) is 5.91 Å². The topological polar surface area (TPSA) is 72.9 Å². The molecule has 3 unspecified atom stereocenters. The lowest BCUT2D eigenvalue weighted by Crippen LogP contribution is -2.31. The Bertz CT molecular complexity index is 961. The standard InChI is InChI=1S/C23H26N4O.2ClH/c1-16(22(24)18-9-3-2-4-10-18)23(28)26-21-14-15-25-27(21)20-13-7-11-17-8-5-6-12-19(17)20;;/h2-6,8-10,12,14-16,20,22H,7,11,13,24H2,1H3,(H,26,28);2*1H. The lowest BCUT2D eigenvalue weighted by atomic mass is 9.88. The Morgan fingerprint density at radius 2 is 1.80 bits per heavy atom. The number of fused-ring (bicyclic) bond motifs is 1. The first-order valence-corrected chi connectivity index (χ1v) is 9.88. The molecule has 2 aromatic carbocycles. The lowest BCUT2D eigenvalue weighted by molar-refractivity contribution is -0.120. The second kappa shape index (κ2) is 10.6. The molecule has 1 heterocycles. The molecular formula is C23H28Cl2N4O. The minimum absolute atomic E-state index is 0. The van der Waals surface area contributed by atoms with Gasteiger partial charge < -0.3 is 11.1 Å². The number of carbonyl (C=O) groups excluding carboxylic acids is 1. The Labute approximate surface area is 189 Å². The highest BCUT2D eigenvalue weighted by molar-refractivity contribution is 5.92. The van der Waals surface area contributed by atoms with Gasteiger partial charge in [0.1, 0.15) is 5.82 Å². The molecule has 3 atom stereocenters. The highest BCUT2D eigenvalue weighted by Crippen LogP contribution is 2.34. The van der Waals surface area contributed by atoms with Crippen molar-refractivity contribution in [2.24, 2.45) is 11.7 Å². The number of rotatable bonds is 5. The molecule has 4 rings (SSSR count). The van der Waals surface area contributed by atoms with Gasteiger partial charge in [0.25, 0.3) is 0 Å². The van der Waals surface area contributed by atoms with E-state index in [1.807, 2.05) is 48.0 Å². The van der Waals surface area contributed by atoms with Crippen LogP contribution in [0.25, 0.3) is 0 Å². The number of nitrogens with two attached hydrogens (primary N) is 1. The Morgan fingerprint density at radius 1 is 1.10 bits per heavy atom. The Balaban J connectivity index is 0.00000160. The lowest BCUT2D eigenvalue weighted by Gasteiger charge is -2.27. The molecule has 1 aliphatic carbocycles. The van der Waals surface area contributed by atoms with E-state index in [0.717, 1.165) is 30.6 Å². The maximum Gasteiger partial charge on any atom is 0.230 e. The molecule has 7 heteroatoms. The van der Waals surface area contributed by atoms with E-state index in [4.69, 9.17) is 5.73 Å². The SMILES string of the molecule is CC(C(=O)Nc1ccnn1C1CCCc2ccccc21)C(N)c1ccccc1.Cl.Cl. The molecule has 1 aromatic heterocycles. The largest absolute Gasteiger partial charge is 0.323 e. The van der Waals surface area contributed by atoms with E-state index in [1.54, 1.807) is 6.20 Å². The molecule has 0 saturated carbocycles. The maximum atomic E-state index is 12.9. The van der Waals surface area contributed by atoms with Gasteiger partial charge in [0, 0.05) is 12.1 Å². The average molecular weight is 447 g/mol. The van der Waals surface area contributed by atoms with E-state index >= 15 is 0 Å². The van der Waals surface area contributed by atoms with E-state index in [-0.39, 0.29) is 48.7 Å². The monoisotopic (exact) mass is 446 g/mol. The molecule has 30 heavy (non-hydrogen) atoms. The summed E-state index contributed by atoms with van der Waals surface area (Å²) in [5.74, 6) is 0.269. The van der Waals surface area contributed by atoms with Crippen LogP contribution < -0.4 is 11.1 Å². The third-order valence-corrected chi connectivity index (χ3v) is 5.69. The number of aromatic nitrogens is 2. The summed E-state index contributed by atoms with van der Waals surface area (Å²) in [5.41, 5.74) is 9.95. The van der Waals surface area contributed by atoms with Crippen LogP contribution in [-0.2, 0) is 11.2 Å². The van der Waals surface area contributed by atoms with Crippen molar-refractivity contribution >= 4 is 36.5 Å². The summed E-state index contributed by atoms with van der Waals surface area (Å²) in [6.45, 7) is 1.86. The molecule has 0 radical (unpaired) electrons. The summed E-state index contributed by atoms with van der Waals surface area (Å²) in [5, 5.41) is 7.58. The van der Waals surface area contributed by atoms with Crippen LogP contribution >= 0.6 is 24.8 Å². The predicted octanol–water partition coefficient (Wildman–Crippen LogP) is 4.93. The fraction of sp³-hybridized carbons (Fsp3) is 0.304. The number of anilines is 1. The van der Waals surface area contributed by atoms with Crippen molar-refractivity contribution in [3.8, 4) is 0 Å². The van der Waals surface area contributed by atoms with Crippen LogP contribution in [0.15, 0.2) is 66.9 Å². The smallest absolute Gasteiger partial charge is 0.230 e. The summed E-state index contributed by atoms with van der Waals surface area (Å²) in [6.07, 6.45) is 4.97. The number of aryl methyl sites for hydroxylation is 1. The molecule has 3 N–H and O–H groups in total. The highest BCUT2D eigenvalue weighted by Gasteiger charge is 2.26. The summed E-state index contributed by atoms with van der Waals surface area (Å²) >= 11 is 0. The molecule has 0 fully saturated rings. The molecule has 160 valence electrons. The minimum atomic E-state index is -0.357. The van der Waals surface area contributed by atoms with Crippen LogP contribution in [0.4, 0.5) is 5.82 Å². The van der Waals surface area contributed by atoms with E-state index in [9.17, 15) is 4.79 Å². The van der Waals surface area contributed by atoms with Crippen molar-refractivity contribution in [3.05, 3.63) is 83.6 Å².